The van der Waals surface area contributed by atoms with E-state index in [9.17, 15) is 8.78 Å². The smallest absolute Gasteiger partial charge is 0.166 e. The third-order valence-electron chi connectivity index (χ3n) is 7.59. The SMILES string of the molecule is C=Cc1ccc(-c2ccc(C3CCC(CCC4C=C(F)C(OC)CC4)CC3)c(F)c2F)cc1. The second-order valence-corrected chi connectivity index (χ2v) is 9.56. The van der Waals surface area contributed by atoms with Crippen LogP contribution in [0.25, 0.3) is 17.2 Å². The van der Waals surface area contributed by atoms with Crippen LogP contribution in [0.5, 0.6) is 0 Å². The summed E-state index contributed by atoms with van der Waals surface area (Å²) < 4.78 is 49.1. The summed E-state index contributed by atoms with van der Waals surface area (Å²) in [5.41, 5.74) is 2.40. The van der Waals surface area contributed by atoms with Crippen molar-refractivity contribution in [2.24, 2.45) is 11.8 Å². The molecule has 2 aromatic carbocycles. The van der Waals surface area contributed by atoms with Crippen LogP contribution in [0.1, 0.15) is 68.4 Å². The first-order chi connectivity index (χ1) is 16.0. The summed E-state index contributed by atoms with van der Waals surface area (Å²) in [5, 5.41) is 0. The van der Waals surface area contributed by atoms with Crippen molar-refractivity contribution in [1.29, 1.82) is 0 Å². The van der Waals surface area contributed by atoms with Crippen LogP contribution >= 0.6 is 0 Å². The molecule has 2 aliphatic carbocycles. The van der Waals surface area contributed by atoms with E-state index in [2.05, 4.69) is 6.58 Å². The molecule has 0 heterocycles. The van der Waals surface area contributed by atoms with Crippen molar-refractivity contribution in [2.75, 3.05) is 7.11 Å². The van der Waals surface area contributed by atoms with Gasteiger partial charge in [0.1, 0.15) is 11.9 Å². The highest BCUT2D eigenvalue weighted by atomic mass is 19.2. The zero-order valence-corrected chi connectivity index (χ0v) is 19.3. The van der Waals surface area contributed by atoms with Gasteiger partial charge in [-0.3, -0.25) is 0 Å². The van der Waals surface area contributed by atoms with Crippen molar-refractivity contribution >= 4 is 6.08 Å². The monoisotopic (exact) mass is 454 g/mol. The first kappa shape index (κ1) is 23.8. The maximum absolute atomic E-state index is 15.0. The van der Waals surface area contributed by atoms with Crippen LogP contribution in [-0.2, 0) is 4.74 Å². The summed E-state index contributed by atoms with van der Waals surface area (Å²) in [7, 11) is 1.56. The number of hydrogen-bond acceptors (Lipinski definition) is 1. The van der Waals surface area contributed by atoms with Crippen LogP contribution in [0.3, 0.4) is 0 Å². The minimum Gasteiger partial charge on any atom is -0.374 e. The van der Waals surface area contributed by atoms with Crippen molar-refractivity contribution in [3.63, 3.8) is 0 Å². The standard InChI is InChI=1S/C29H33F3O/c1-3-19-6-11-22(12-7-19)24-15-16-25(29(32)28(24)31)23-13-8-20(9-14-23)4-5-21-10-17-27(33-2)26(30)18-21/h3,6-7,11-12,15-16,18,20-21,23,27H,1,4-5,8-10,13-14,17H2,2H3. The van der Waals surface area contributed by atoms with E-state index in [1.807, 2.05) is 12.1 Å². The van der Waals surface area contributed by atoms with Crippen LogP contribution < -0.4 is 0 Å². The Morgan fingerprint density at radius 2 is 1.61 bits per heavy atom. The molecule has 4 rings (SSSR count). The molecule has 2 aromatic rings. The molecule has 1 nitrogen and oxygen atoms in total. The molecule has 0 bridgehead atoms. The number of rotatable bonds is 7. The van der Waals surface area contributed by atoms with Gasteiger partial charge in [0.25, 0.3) is 0 Å². The summed E-state index contributed by atoms with van der Waals surface area (Å²) in [4.78, 5) is 0. The number of allylic oxidation sites excluding steroid dienone is 1. The lowest BCUT2D eigenvalue weighted by Crippen LogP contribution is -2.20. The second kappa shape index (κ2) is 10.7. The van der Waals surface area contributed by atoms with Gasteiger partial charge in [-0.2, -0.15) is 0 Å². The molecule has 0 radical (unpaired) electrons. The van der Waals surface area contributed by atoms with Crippen molar-refractivity contribution in [1.82, 2.24) is 0 Å². The Hall–Kier alpha value is -2.33. The van der Waals surface area contributed by atoms with Crippen molar-refractivity contribution in [3.8, 4) is 11.1 Å². The molecular formula is C29H33F3O. The van der Waals surface area contributed by atoms with E-state index in [0.29, 0.717) is 22.6 Å². The molecule has 176 valence electrons. The first-order valence-electron chi connectivity index (χ1n) is 12.1. The molecule has 1 saturated carbocycles. The lowest BCUT2D eigenvalue weighted by Gasteiger charge is -2.30. The number of halogens is 3. The summed E-state index contributed by atoms with van der Waals surface area (Å²) in [6.07, 6.45) is 10.6. The van der Waals surface area contributed by atoms with Crippen molar-refractivity contribution in [2.45, 2.75) is 63.4 Å². The van der Waals surface area contributed by atoms with Crippen LogP contribution in [0.2, 0.25) is 0 Å². The predicted molar refractivity (Wildman–Crippen MR) is 129 cm³/mol. The highest BCUT2D eigenvalue weighted by molar-refractivity contribution is 5.66. The Kier molecular flexibility index (Phi) is 7.75. The molecule has 2 aliphatic rings. The quantitative estimate of drug-likeness (QED) is 0.407. The van der Waals surface area contributed by atoms with Crippen LogP contribution in [-0.4, -0.2) is 13.2 Å². The Bertz CT molecular complexity index is 987. The molecule has 0 amide bonds. The molecule has 0 N–H and O–H groups in total. The van der Waals surface area contributed by atoms with Gasteiger partial charge in [0.15, 0.2) is 11.6 Å². The highest BCUT2D eigenvalue weighted by Gasteiger charge is 2.28. The molecule has 1 fully saturated rings. The average Bonchev–Trinajstić information content (AvgIpc) is 2.85. The summed E-state index contributed by atoms with van der Waals surface area (Å²) in [6.45, 7) is 3.72. The predicted octanol–water partition coefficient (Wildman–Crippen LogP) is 8.61. The minimum atomic E-state index is -0.763. The normalized spacial score (nSPS) is 25.5. The van der Waals surface area contributed by atoms with Gasteiger partial charge in [-0.25, -0.2) is 13.2 Å². The van der Waals surface area contributed by atoms with E-state index < -0.39 is 11.6 Å². The molecule has 0 aliphatic heterocycles. The Labute approximate surface area is 195 Å². The van der Waals surface area contributed by atoms with E-state index in [1.54, 1.807) is 43.5 Å². The fraction of sp³-hybridized carbons (Fsp3) is 0.448. The molecule has 2 unspecified atom stereocenters. The Balaban J connectivity index is 1.34. The zero-order valence-electron chi connectivity index (χ0n) is 19.3. The number of ether oxygens (including phenoxy) is 1. The number of hydrogen-bond donors (Lipinski definition) is 0. The Morgan fingerprint density at radius 1 is 0.879 bits per heavy atom. The van der Waals surface area contributed by atoms with Crippen LogP contribution in [0.4, 0.5) is 13.2 Å². The topological polar surface area (TPSA) is 9.23 Å². The summed E-state index contributed by atoms with van der Waals surface area (Å²) in [5.74, 6) is -0.680. The van der Waals surface area contributed by atoms with E-state index in [1.165, 1.54) is 0 Å². The fourth-order valence-corrected chi connectivity index (χ4v) is 5.49. The lowest BCUT2D eigenvalue weighted by atomic mass is 9.75. The molecule has 0 aromatic heterocycles. The lowest BCUT2D eigenvalue weighted by molar-refractivity contribution is 0.0906. The molecule has 4 heteroatoms. The minimum absolute atomic E-state index is 0.0578. The number of methoxy groups -OCH3 is 1. The largest absolute Gasteiger partial charge is 0.374 e. The molecule has 0 saturated heterocycles. The van der Waals surface area contributed by atoms with Crippen LogP contribution in [0.15, 0.2) is 54.9 Å². The maximum atomic E-state index is 15.0. The van der Waals surface area contributed by atoms with Crippen molar-refractivity contribution < 1.29 is 17.9 Å². The van der Waals surface area contributed by atoms with Gasteiger partial charge in [-0.1, -0.05) is 49.1 Å². The van der Waals surface area contributed by atoms with Gasteiger partial charge in [0.2, 0.25) is 0 Å². The van der Waals surface area contributed by atoms with E-state index >= 15 is 4.39 Å². The van der Waals surface area contributed by atoms with E-state index in [-0.39, 0.29) is 23.8 Å². The molecular weight excluding hydrogens is 421 g/mol. The maximum Gasteiger partial charge on any atom is 0.166 e. The van der Waals surface area contributed by atoms with Crippen LogP contribution in [0, 0.1) is 23.5 Å². The molecule has 33 heavy (non-hydrogen) atoms. The second-order valence-electron chi connectivity index (χ2n) is 9.56. The van der Waals surface area contributed by atoms with Gasteiger partial charge in [-0.15, -0.1) is 0 Å². The summed E-state index contributed by atoms with van der Waals surface area (Å²) >= 11 is 0. The fourth-order valence-electron chi connectivity index (χ4n) is 5.49. The van der Waals surface area contributed by atoms with E-state index in [4.69, 9.17) is 4.74 Å². The average molecular weight is 455 g/mol. The highest BCUT2D eigenvalue weighted by Crippen LogP contribution is 2.41. The van der Waals surface area contributed by atoms with Gasteiger partial charge in [0.05, 0.1) is 0 Å². The van der Waals surface area contributed by atoms with Gasteiger partial charge in [0, 0.05) is 12.7 Å². The Morgan fingerprint density at radius 3 is 2.24 bits per heavy atom. The number of benzene rings is 2. The van der Waals surface area contributed by atoms with E-state index in [0.717, 1.165) is 56.9 Å². The molecule has 0 spiro atoms. The van der Waals surface area contributed by atoms with Crippen molar-refractivity contribution in [3.05, 3.63) is 77.6 Å². The first-order valence-corrected chi connectivity index (χ1v) is 12.1. The van der Waals surface area contributed by atoms with Gasteiger partial charge < -0.3 is 4.74 Å². The molecule has 2 atom stereocenters. The van der Waals surface area contributed by atoms with Gasteiger partial charge >= 0.3 is 0 Å². The zero-order chi connectivity index (χ0) is 23.4. The summed E-state index contributed by atoms with van der Waals surface area (Å²) in [6, 6.07) is 10.8. The third-order valence-corrected chi connectivity index (χ3v) is 7.59. The third kappa shape index (κ3) is 5.43. The van der Waals surface area contributed by atoms with Gasteiger partial charge in [-0.05, 0) is 91.9 Å².